The first kappa shape index (κ1) is 15.2. The van der Waals surface area contributed by atoms with Crippen LogP contribution in [0.5, 0.6) is 5.75 Å². The van der Waals surface area contributed by atoms with Crippen LogP contribution >= 0.6 is 12.2 Å². The molecule has 0 bridgehead atoms. The largest absolute Gasteiger partial charge is 0.496 e. The monoisotopic (exact) mass is 321 g/mol. The van der Waals surface area contributed by atoms with Gasteiger partial charge in [0.2, 0.25) is 4.77 Å². The van der Waals surface area contributed by atoms with E-state index in [4.69, 9.17) is 26.8 Å². The maximum Gasteiger partial charge on any atom is 0.202 e. The SMILES string of the molecule is COc1ccccc1-c1nn(C[NH+]2CCOCC2)c(=S)n1C. The highest BCUT2D eigenvalue weighted by Crippen LogP contribution is 2.27. The molecule has 118 valence electrons. The van der Waals surface area contributed by atoms with Crippen molar-refractivity contribution in [2.24, 2.45) is 7.05 Å². The maximum absolute atomic E-state index is 5.54. The summed E-state index contributed by atoms with van der Waals surface area (Å²) in [6, 6.07) is 7.87. The smallest absolute Gasteiger partial charge is 0.202 e. The van der Waals surface area contributed by atoms with Crippen LogP contribution in [-0.2, 0) is 18.5 Å². The minimum absolute atomic E-state index is 0.722. The van der Waals surface area contributed by atoms with E-state index in [-0.39, 0.29) is 0 Å². The number of hydrogen-bond donors (Lipinski definition) is 1. The average molecular weight is 321 g/mol. The van der Waals surface area contributed by atoms with Crippen molar-refractivity contribution >= 4 is 12.2 Å². The number of aromatic nitrogens is 3. The Morgan fingerprint density at radius 3 is 2.77 bits per heavy atom. The number of nitrogens with zero attached hydrogens (tertiary/aromatic N) is 3. The van der Waals surface area contributed by atoms with E-state index >= 15 is 0 Å². The van der Waals surface area contributed by atoms with Crippen LogP contribution < -0.4 is 9.64 Å². The number of quaternary nitrogens is 1. The first-order chi connectivity index (χ1) is 10.7. The molecule has 0 amide bonds. The lowest BCUT2D eigenvalue weighted by Gasteiger charge is -2.23. The second kappa shape index (κ2) is 6.60. The van der Waals surface area contributed by atoms with E-state index in [1.165, 1.54) is 4.90 Å². The number of rotatable bonds is 4. The lowest BCUT2D eigenvalue weighted by Crippen LogP contribution is -3.13. The fraction of sp³-hybridized carbons (Fsp3) is 0.467. The van der Waals surface area contributed by atoms with Gasteiger partial charge in [-0.1, -0.05) is 12.1 Å². The van der Waals surface area contributed by atoms with Gasteiger partial charge >= 0.3 is 0 Å². The van der Waals surface area contributed by atoms with Crippen molar-refractivity contribution < 1.29 is 14.4 Å². The Balaban J connectivity index is 1.93. The predicted molar refractivity (Wildman–Crippen MR) is 85.5 cm³/mol. The molecule has 1 aromatic heterocycles. The molecule has 0 saturated carbocycles. The predicted octanol–water partition coefficient (Wildman–Crippen LogP) is 0.499. The van der Waals surface area contributed by atoms with Crippen LogP contribution in [0.4, 0.5) is 0 Å². The van der Waals surface area contributed by atoms with Gasteiger partial charge < -0.3 is 18.9 Å². The quantitative estimate of drug-likeness (QED) is 0.833. The highest BCUT2D eigenvalue weighted by molar-refractivity contribution is 7.71. The molecule has 7 heteroatoms. The number of nitrogens with one attached hydrogen (secondary N) is 1. The molecule has 0 atom stereocenters. The van der Waals surface area contributed by atoms with Crippen LogP contribution in [0.3, 0.4) is 0 Å². The van der Waals surface area contributed by atoms with Gasteiger partial charge in [-0.25, -0.2) is 0 Å². The second-order valence-electron chi connectivity index (χ2n) is 5.39. The number of morpholine rings is 1. The third-order valence-corrected chi connectivity index (χ3v) is 4.45. The third kappa shape index (κ3) is 2.92. The molecule has 0 aliphatic carbocycles. The molecule has 6 nitrogen and oxygen atoms in total. The Morgan fingerprint density at radius 2 is 2.05 bits per heavy atom. The lowest BCUT2D eigenvalue weighted by molar-refractivity contribution is -0.930. The van der Waals surface area contributed by atoms with Crippen LogP contribution in [0.15, 0.2) is 24.3 Å². The van der Waals surface area contributed by atoms with E-state index in [2.05, 4.69) is 0 Å². The number of methoxy groups -OCH3 is 1. The molecular formula is C15H21N4O2S+. The van der Waals surface area contributed by atoms with Gasteiger partial charge in [-0.2, -0.15) is 4.68 Å². The van der Waals surface area contributed by atoms with E-state index in [0.29, 0.717) is 0 Å². The number of ether oxygens (including phenoxy) is 2. The summed E-state index contributed by atoms with van der Waals surface area (Å²) in [6.07, 6.45) is 0. The molecule has 1 aliphatic heterocycles. The van der Waals surface area contributed by atoms with E-state index in [1.807, 2.05) is 40.6 Å². The molecular weight excluding hydrogens is 300 g/mol. The Morgan fingerprint density at radius 1 is 1.32 bits per heavy atom. The standard InChI is InChI=1S/C15H20N4O2S/c1-17-14(12-5-3-4-6-13(12)20-2)16-19(15(17)22)11-18-7-9-21-10-8-18/h3-6H,7-11H2,1-2H3/p+1. The number of hydrogen-bond acceptors (Lipinski definition) is 4. The number of benzene rings is 1. The average Bonchev–Trinajstić information content (AvgIpc) is 2.84. The molecule has 1 aliphatic rings. The Kier molecular flexibility index (Phi) is 4.56. The van der Waals surface area contributed by atoms with Gasteiger partial charge in [0.1, 0.15) is 18.8 Å². The molecule has 3 rings (SSSR count). The maximum atomic E-state index is 5.54. The Hall–Kier alpha value is -1.70. The minimum atomic E-state index is 0.722. The normalized spacial score (nSPS) is 15.9. The van der Waals surface area contributed by atoms with Crippen molar-refractivity contribution in [1.29, 1.82) is 0 Å². The van der Waals surface area contributed by atoms with Gasteiger partial charge in [-0.3, -0.25) is 0 Å². The molecule has 0 radical (unpaired) electrons. The summed E-state index contributed by atoms with van der Waals surface area (Å²) in [7, 11) is 3.62. The summed E-state index contributed by atoms with van der Waals surface area (Å²) in [5.41, 5.74) is 0.953. The lowest BCUT2D eigenvalue weighted by atomic mass is 10.2. The molecule has 1 saturated heterocycles. The molecule has 2 heterocycles. The van der Waals surface area contributed by atoms with Crippen molar-refractivity contribution in [3.8, 4) is 17.1 Å². The van der Waals surface area contributed by atoms with E-state index < -0.39 is 0 Å². The van der Waals surface area contributed by atoms with Crippen LogP contribution in [0.2, 0.25) is 0 Å². The molecule has 22 heavy (non-hydrogen) atoms. The van der Waals surface area contributed by atoms with Gasteiger partial charge in [-0.05, 0) is 24.4 Å². The summed E-state index contributed by atoms with van der Waals surface area (Å²) in [5.74, 6) is 1.63. The zero-order valence-electron chi connectivity index (χ0n) is 12.9. The second-order valence-corrected chi connectivity index (χ2v) is 5.75. The summed E-state index contributed by atoms with van der Waals surface area (Å²) >= 11 is 5.54. The van der Waals surface area contributed by atoms with Crippen LogP contribution in [0.1, 0.15) is 0 Å². The molecule has 1 fully saturated rings. The molecule has 2 aromatic rings. The van der Waals surface area contributed by atoms with Gasteiger partial charge in [0.05, 0.1) is 25.9 Å². The fourth-order valence-corrected chi connectivity index (χ4v) is 2.88. The summed E-state index contributed by atoms with van der Waals surface area (Å²) < 4.78 is 15.4. The van der Waals surface area contributed by atoms with Gasteiger partial charge in [0.15, 0.2) is 12.5 Å². The molecule has 0 unspecified atom stereocenters. The van der Waals surface area contributed by atoms with E-state index in [0.717, 1.165) is 54.9 Å². The Labute approximate surface area is 134 Å². The third-order valence-electron chi connectivity index (χ3n) is 3.96. The summed E-state index contributed by atoms with van der Waals surface area (Å²) in [5, 5.41) is 4.72. The van der Waals surface area contributed by atoms with E-state index in [9.17, 15) is 0 Å². The highest BCUT2D eigenvalue weighted by atomic mass is 32.1. The molecule has 1 N–H and O–H groups in total. The molecule has 0 spiro atoms. The van der Waals surface area contributed by atoms with Gasteiger partial charge in [0, 0.05) is 7.05 Å². The molecule has 1 aromatic carbocycles. The van der Waals surface area contributed by atoms with Crippen molar-refractivity contribution in [2.45, 2.75) is 6.67 Å². The summed E-state index contributed by atoms with van der Waals surface area (Å²) in [4.78, 5) is 1.44. The van der Waals surface area contributed by atoms with Crippen molar-refractivity contribution in [2.75, 3.05) is 33.4 Å². The first-order valence-corrected chi connectivity index (χ1v) is 7.80. The minimum Gasteiger partial charge on any atom is -0.496 e. The first-order valence-electron chi connectivity index (χ1n) is 7.39. The zero-order chi connectivity index (χ0) is 15.5. The summed E-state index contributed by atoms with van der Waals surface area (Å²) in [6.45, 7) is 4.35. The number of para-hydroxylation sites is 1. The van der Waals surface area contributed by atoms with Gasteiger partial charge in [0.25, 0.3) is 0 Å². The van der Waals surface area contributed by atoms with Gasteiger partial charge in [-0.15, -0.1) is 5.10 Å². The van der Waals surface area contributed by atoms with Crippen LogP contribution in [-0.4, -0.2) is 47.8 Å². The highest BCUT2D eigenvalue weighted by Gasteiger charge is 2.18. The van der Waals surface area contributed by atoms with Crippen molar-refractivity contribution in [1.82, 2.24) is 14.3 Å². The van der Waals surface area contributed by atoms with Crippen LogP contribution in [0.25, 0.3) is 11.4 Å². The van der Waals surface area contributed by atoms with Crippen molar-refractivity contribution in [3.05, 3.63) is 29.0 Å². The fourth-order valence-electron chi connectivity index (χ4n) is 2.68. The zero-order valence-corrected chi connectivity index (χ0v) is 13.7. The topological polar surface area (TPSA) is 45.6 Å². The van der Waals surface area contributed by atoms with E-state index in [1.54, 1.807) is 7.11 Å². The Bertz CT molecular complexity index is 704. The van der Waals surface area contributed by atoms with Crippen LogP contribution in [0, 0.1) is 4.77 Å². The van der Waals surface area contributed by atoms with Crippen molar-refractivity contribution in [3.63, 3.8) is 0 Å².